The molecule has 0 aliphatic carbocycles. The number of amides is 3. The molecule has 1 unspecified atom stereocenters. The fourth-order valence-electron chi connectivity index (χ4n) is 1.40. The second kappa shape index (κ2) is 4.88. The maximum Gasteiger partial charge on any atom is 0.246 e. The van der Waals surface area contributed by atoms with Crippen LogP contribution in [0.4, 0.5) is 0 Å². The molecule has 15 heavy (non-hydrogen) atoms. The summed E-state index contributed by atoms with van der Waals surface area (Å²) in [7, 11) is 3.02. The molecule has 0 aromatic rings. The maximum atomic E-state index is 11.4. The SMILES string of the molecule is CNC(=O)CCNC1CC(=O)N(C)C1=O. The van der Waals surface area contributed by atoms with E-state index >= 15 is 0 Å². The lowest BCUT2D eigenvalue weighted by Gasteiger charge is -2.10. The van der Waals surface area contributed by atoms with Crippen LogP contribution in [0.3, 0.4) is 0 Å². The van der Waals surface area contributed by atoms with E-state index in [1.807, 2.05) is 0 Å². The van der Waals surface area contributed by atoms with Gasteiger partial charge in [0.25, 0.3) is 0 Å². The third-order valence-electron chi connectivity index (χ3n) is 2.40. The van der Waals surface area contributed by atoms with Gasteiger partial charge in [-0.25, -0.2) is 0 Å². The highest BCUT2D eigenvalue weighted by Crippen LogP contribution is 2.09. The van der Waals surface area contributed by atoms with Gasteiger partial charge < -0.3 is 10.6 Å². The molecule has 1 aliphatic rings. The van der Waals surface area contributed by atoms with Crippen LogP contribution >= 0.6 is 0 Å². The molecule has 2 N–H and O–H groups in total. The Balaban J connectivity index is 2.32. The summed E-state index contributed by atoms with van der Waals surface area (Å²) in [4.78, 5) is 34.5. The molecular weight excluding hydrogens is 198 g/mol. The van der Waals surface area contributed by atoms with Gasteiger partial charge in [-0.2, -0.15) is 0 Å². The van der Waals surface area contributed by atoms with Crippen molar-refractivity contribution in [2.24, 2.45) is 0 Å². The second-order valence-electron chi connectivity index (χ2n) is 3.43. The van der Waals surface area contributed by atoms with E-state index in [-0.39, 0.29) is 24.1 Å². The lowest BCUT2D eigenvalue weighted by molar-refractivity contribution is -0.137. The molecule has 0 aromatic heterocycles. The van der Waals surface area contributed by atoms with Crippen LogP contribution in [0, 0.1) is 0 Å². The van der Waals surface area contributed by atoms with Crippen LogP contribution in [0.1, 0.15) is 12.8 Å². The molecular formula is C9H15N3O3. The van der Waals surface area contributed by atoms with Crippen LogP contribution in [0.25, 0.3) is 0 Å². The van der Waals surface area contributed by atoms with E-state index < -0.39 is 6.04 Å². The molecule has 0 spiro atoms. The van der Waals surface area contributed by atoms with E-state index in [9.17, 15) is 14.4 Å². The molecule has 3 amide bonds. The van der Waals surface area contributed by atoms with Gasteiger partial charge in [-0.1, -0.05) is 0 Å². The maximum absolute atomic E-state index is 11.4. The van der Waals surface area contributed by atoms with Gasteiger partial charge in [0, 0.05) is 27.1 Å². The quantitative estimate of drug-likeness (QED) is 0.555. The van der Waals surface area contributed by atoms with Crippen molar-refractivity contribution < 1.29 is 14.4 Å². The average molecular weight is 213 g/mol. The van der Waals surface area contributed by atoms with E-state index in [1.54, 1.807) is 7.05 Å². The van der Waals surface area contributed by atoms with Gasteiger partial charge >= 0.3 is 0 Å². The predicted molar refractivity (Wildman–Crippen MR) is 52.9 cm³/mol. The van der Waals surface area contributed by atoms with E-state index in [1.165, 1.54) is 7.05 Å². The van der Waals surface area contributed by atoms with Crippen molar-refractivity contribution in [1.82, 2.24) is 15.5 Å². The van der Waals surface area contributed by atoms with Crippen molar-refractivity contribution >= 4 is 17.7 Å². The van der Waals surface area contributed by atoms with Gasteiger partial charge in [-0.15, -0.1) is 0 Å². The Kier molecular flexibility index (Phi) is 3.79. The first-order valence-corrected chi connectivity index (χ1v) is 4.80. The first-order chi connectivity index (χ1) is 7.06. The van der Waals surface area contributed by atoms with Crippen molar-refractivity contribution in [3.8, 4) is 0 Å². The normalized spacial score (nSPS) is 20.9. The number of nitrogens with one attached hydrogen (secondary N) is 2. The second-order valence-corrected chi connectivity index (χ2v) is 3.43. The zero-order valence-corrected chi connectivity index (χ0v) is 8.87. The van der Waals surface area contributed by atoms with Gasteiger partial charge in [-0.3, -0.25) is 19.3 Å². The highest BCUT2D eigenvalue weighted by atomic mass is 16.2. The van der Waals surface area contributed by atoms with Crippen LogP contribution in [0.2, 0.25) is 0 Å². The van der Waals surface area contributed by atoms with E-state index in [0.29, 0.717) is 13.0 Å². The summed E-state index contributed by atoms with van der Waals surface area (Å²) >= 11 is 0. The van der Waals surface area contributed by atoms with E-state index in [4.69, 9.17) is 0 Å². The fourth-order valence-corrected chi connectivity index (χ4v) is 1.40. The molecule has 84 valence electrons. The number of hydrogen-bond donors (Lipinski definition) is 2. The van der Waals surface area contributed by atoms with Crippen molar-refractivity contribution in [3.05, 3.63) is 0 Å². The Morgan fingerprint density at radius 2 is 2.20 bits per heavy atom. The smallest absolute Gasteiger partial charge is 0.246 e. The molecule has 6 heteroatoms. The molecule has 1 rings (SSSR count). The highest BCUT2D eigenvalue weighted by molar-refractivity contribution is 6.05. The molecule has 0 saturated carbocycles. The van der Waals surface area contributed by atoms with Gasteiger partial charge in [0.1, 0.15) is 0 Å². The molecule has 1 heterocycles. The number of likely N-dealkylation sites (tertiary alicyclic amines) is 1. The molecule has 1 fully saturated rings. The number of carbonyl (C=O) groups is 3. The molecule has 0 bridgehead atoms. The summed E-state index contributed by atoms with van der Waals surface area (Å²) in [6.07, 6.45) is 0.487. The van der Waals surface area contributed by atoms with Crippen LogP contribution in [-0.2, 0) is 14.4 Å². The minimum Gasteiger partial charge on any atom is -0.359 e. The van der Waals surface area contributed by atoms with Gasteiger partial charge in [-0.05, 0) is 0 Å². The Morgan fingerprint density at radius 1 is 1.53 bits per heavy atom. The number of rotatable bonds is 4. The Hall–Kier alpha value is -1.43. The standard InChI is InChI=1S/C9H15N3O3/c1-10-7(13)3-4-11-6-5-8(14)12(2)9(6)15/h6,11H,3-5H2,1-2H3,(H,10,13). The number of carbonyl (C=O) groups excluding carboxylic acids is 3. The van der Waals surface area contributed by atoms with Crippen LogP contribution < -0.4 is 10.6 Å². The minimum atomic E-state index is -0.466. The van der Waals surface area contributed by atoms with Crippen LogP contribution in [-0.4, -0.2) is 49.3 Å². The lowest BCUT2D eigenvalue weighted by Crippen LogP contribution is -2.38. The third kappa shape index (κ3) is 2.76. The zero-order chi connectivity index (χ0) is 11.4. The average Bonchev–Trinajstić information content (AvgIpc) is 2.46. The van der Waals surface area contributed by atoms with Crippen molar-refractivity contribution in [2.45, 2.75) is 18.9 Å². The first-order valence-electron chi connectivity index (χ1n) is 4.80. The van der Waals surface area contributed by atoms with Crippen molar-refractivity contribution in [2.75, 3.05) is 20.6 Å². The summed E-state index contributed by atoms with van der Waals surface area (Å²) in [6.45, 7) is 0.400. The third-order valence-corrected chi connectivity index (χ3v) is 2.40. The van der Waals surface area contributed by atoms with Crippen molar-refractivity contribution in [3.63, 3.8) is 0 Å². The number of nitrogens with zero attached hydrogens (tertiary/aromatic N) is 1. The van der Waals surface area contributed by atoms with E-state index in [2.05, 4.69) is 10.6 Å². The Morgan fingerprint density at radius 3 is 2.67 bits per heavy atom. The first kappa shape index (κ1) is 11.6. The number of hydrogen-bond acceptors (Lipinski definition) is 4. The van der Waals surface area contributed by atoms with Gasteiger partial charge in [0.05, 0.1) is 12.5 Å². The summed E-state index contributed by atoms with van der Waals surface area (Å²) < 4.78 is 0. The number of likely N-dealkylation sites (N-methyl/N-ethyl adjacent to an activating group) is 1. The monoisotopic (exact) mass is 213 g/mol. The molecule has 1 atom stereocenters. The Bertz CT molecular complexity index is 290. The van der Waals surface area contributed by atoms with Crippen LogP contribution in [0.15, 0.2) is 0 Å². The minimum absolute atomic E-state index is 0.0902. The molecule has 1 saturated heterocycles. The van der Waals surface area contributed by atoms with Crippen molar-refractivity contribution in [1.29, 1.82) is 0 Å². The summed E-state index contributed by atoms with van der Waals surface area (Å²) in [5.74, 6) is -0.498. The van der Waals surface area contributed by atoms with E-state index in [0.717, 1.165) is 4.90 Å². The Labute approximate surface area is 88.0 Å². The predicted octanol–water partition coefficient (Wildman–Crippen LogP) is -1.53. The highest BCUT2D eigenvalue weighted by Gasteiger charge is 2.35. The van der Waals surface area contributed by atoms with Crippen LogP contribution in [0.5, 0.6) is 0 Å². The molecule has 1 aliphatic heterocycles. The van der Waals surface area contributed by atoms with Gasteiger partial charge in [0.15, 0.2) is 0 Å². The largest absolute Gasteiger partial charge is 0.359 e. The molecule has 0 radical (unpaired) electrons. The topological polar surface area (TPSA) is 78.5 Å². The summed E-state index contributed by atoms with van der Waals surface area (Å²) in [6, 6.07) is -0.466. The fraction of sp³-hybridized carbons (Fsp3) is 0.667. The summed E-state index contributed by atoms with van der Waals surface area (Å²) in [5.41, 5.74) is 0. The summed E-state index contributed by atoms with van der Waals surface area (Å²) in [5, 5.41) is 5.36. The number of imide groups is 1. The van der Waals surface area contributed by atoms with Gasteiger partial charge in [0.2, 0.25) is 17.7 Å². The lowest BCUT2D eigenvalue weighted by atomic mass is 10.2. The zero-order valence-electron chi connectivity index (χ0n) is 8.87. The molecule has 6 nitrogen and oxygen atoms in total. The molecule has 0 aromatic carbocycles.